The normalized spacial score (nSPS) is 11.0. The quantitative estimate of drug-likeness (QED) is 0.289. The standard InChI is InChI=1S/C30H25ClN2O4/c1-20-29(24-10-3-4-11-25(24)34)32-15-6-5-12-28(32)33(30(20)35)18-21-13-14-26(27(17-21)36-2)37-19-22-8-7-9-23(31)16-22/h3-17H,18-19H2,1-2H3/p+1. The van der Waals surface area contributed by atoms with Crippen molar-refractivity contribution in [3.63, 3.8) is 0 Å². The second kappa shape index (κ2) is 10.4. The Morgan fingerprint density at radius 2 is 1.73 bits per heavy atom. The predicted octanol–water partition coefficient (Wildman–Crippen LogP) is 5.56. The van der Waals surface area contributed by atoms with Crippen molar-refractivity contribution in [2.75, 3.05) is 7.11 Å². The molecule has 0 aliphatic heterocycles. The second-order valence-corrected chi connectivity index (χ2v) is 9.15. The summed E-state index contributed by atoms with van der Waals surface area (Å²) in [6, 6.07) is 25.9. The van der Waals surface area contributed by atoms with E-state index in [0.29, 0.717) is 52.1 Å². The Labute approximate surface area is 219 Å². The fourth-order valence-electron chi connectivity index (χ4n) is 4.49. The summed E-state index contributed by atoms with van der Waals surface area (Å²) in [5.41, 5.74) is 4.22. The van der Waals surface area contributed by atoms with Gasteiger partial charge < -0.3 is 14.6 Å². The molecule has 0 saturated heterocycles. The number of nitrogens with zero attached hydrogens (tertiary/aromatic N) is 2. The molecule has 0 bridgehead atoms. The first kappa shape index (κ1) is 24.4. The van der Waals surface area contributed by atoms with Gasteiger partial charge in [-0.2, -0.15) is 8.97 Å². The number of benzene rings is 3. The van der Waals surface area contributed by atoms with Crippen LogP contribution in [0.25, 0.3) is 16.9 Å². The van der Waals surface area contributed by atoms with Crippen molar-refractivity contribution >= 4 is 17.2 Å². The minimum Gasteiger partial charge on any atom is -0.507 e. The van der Waals surface area contributed by atoms with Gasteiger partial charge in [0.1, 0.15) is 18.9 Å². The molecule has 2 aromatic heterocycles. The third-order valence-electron chi connectivity index (χ3n) is 6.29. The zero-order chi connectivity index (χ0) is 25.9. The summed E-state index contributed by atoms with van der Waals surface area (Å²) >= 11 is 6.08. The predicted molar refractivity (Wildman–Crippen MR) is 144 cm³/mol. The second-order valence-electron chi connectivity index (χ2n) is 8.71. The van der Waals surface area contributed by atoms with Gasteiger partial charge in [-0.1, -0.05) is 48.0 Å². The molecule has 0 saturated carbocycles. The van der Waals surface area contributed by atoms with Crippen LogP contribution in [-0.2, 0) is 13.2 Å². The molecule has 5 rings (SSSR count). The Morgan fingerprint density at radius 3 is 2.51 bits per heavy atom. The molecule has 1 N–H and O–H groups in total. The van der Waals surface area contributed by atoms with E-state index in [9.17, 15) is 9.90 Å². The molecule has 0 fully saturated rings. The Balaban J connectivity index is 1.51. The summed E-state index contributed by atoms with van der Waals surface area (Å²) in [6.45, 7) is 2.47. The summed E-state index contributed by atoms with van der Waals surface area (Å²) < 4.78 is 15.2. The fourth-order valence-corrected chi connectivity index (χ4v) is 4.70. The molecule has 0 radical (unpaired) electrons. The van der Waals surface area contributed by atoms with Gasteiger partial charge in [0, 0.05) is 11.1 Å². The molecular formula is C30H26ClN2O4+. The number of halogens is 1. The lowest BCUT2D eigenvalue weighted by atomic mass is 10.1. The number of phenolic OH excluding ortho intramolecular Hbond substituents is 1. The van der Waals surface area contributed by atoms with Crippen LogP contribution < -0.4 is 19.4 Å². The van der Waals surface area contributed by atoms with Gasteiger partial charge in [0.25, 0.3) is 5.65 Å². The van der Waals surface area contributed by atoms with Crippen molar-refractivity contribution in [1.29, 1.82) is 0 Å². The molecule has 0 aliphatic rings. The number of fused-ring (bicyclic) bond motifs is 1. The average Bonchev–Trinajstić information content (AvgIpc) is 2.91. The summed E-state index contributed by atoms with van der Waals surface area (Å²) in [5.74, 6) is 1.30. The number of hydrogen-bond donors (Lipinski definition) is 1. The number of methoxy groups -OCH3 is 1. The molecule has 0 spiro atoms. The third-order valence-corrected chi connectivity index (χ3v) is 6.52. The zero-order valence-electron chi connectivity index (χ0n) is 20.5. The van der Waals surface area contributed by atoms with Crippen LogP contribution in [-0.4, -0.2) is 16.8 Å². The number of pyridine rings is 1. The van der Waals surface area contributed by atoms with E-state index in [2.05, 4.69) is 0 Å². The molecule has 5 aromatic rings. The maximum atomic E-state index is 13.6. The monoisotopic (exact) mass is 513 g/mol. The fraction of sp³-hybridized carbons (Fsp3) is 0.133. The van der Waals surface area contributed by atoms with Crippen LogP contribution in [0.15, 0.2) is 95.9 Å². The van der Waals surface area contributed by atoms with Crippen molar-refractivity contribution in [3.8, 4) is 28.5 Å². The summed E-state index contributed by atoms with van der Waals surface area (Å²) in [6.07, 6.45) is 1.90. The highest BCUT2D eigenvalue weighted by molar-refractivity contribution is 6.30. The van der Waals surface area contributed by atoms with Gasteiger partial charge in [0.2, 0.25) is 0 Å². The molecule has 37 heavy (non-hydrogen) atoms. The smallest absolute Gasteiger partial charge is 0.341 e. The molecule has 0 unspecified atom stereocenters. The van der Waals surface area contributed by atoms with Crippen LogP contribution in [0.4, 0.5) is 0 Å². The number of aromatic nitrogens is 2. The van der Waals surface area contributed by atoms with E-state index in [1.54, 1.807) is 30.7 Å². The highest BCUT2D eigenvalue weighted by Crippen LogP contribution is 2.30. The topological polar surface area (TPSA) is 64.8 Å². The first-order chi connectivity index (χ1) is 18.0. The Morgan fingerprint density at radius 1 is 0.919 bits per heavy atom. The highest BCUT2D eigenvalue weighted by atomic mass is 35.5. The van der Waals surface area contributed by atoms with Crippen molar-refractivity contribution in [3.05, 3.63) is 123 Å². The maximum absolute atomic E-state index is 13.6. The van der Waals surface area contributed by atoms with Crippen molar-refractivity contribution in [1.82, 2.24) is 4.57 Å². The van der Waals surface area contributed by atoms with Crippen molar-refractivity contribution in [2.45, 2.75) is 20.1 Å². The summed E-state index contributed by atoms with van der Waals surface area (Å²) in [4.78, 5) is 13.6. The van der Waals surface area contributed by atoms with Gasteiger partial charge in [-0.25, -0.2) is 4.79 Å². The lowest BCUT2D eigenvalue weighted by Crippen LogP contribution is -2.38. The van der Waals surface area contributed by atoms with Gasteiger partial charge in [0.15, 0.2) is 17.2 Å². The first-order valence-electron chi connectivity index (χ1n) is 11.8. The number of hydrogen-bond acceptors (Lipinski definition) is 4. The average molecular weight is 514 g/mol. The number of phenols is 1. The number of rotatable bonds is 7. The van der Waals surface area contributed by atoms with E-state index in [1.165, 1.54) is 0 Å². The number of para-hydroxylation sites is 1. The number of aromatic hydroxyl groups is 1. The van der Waals surface area contributed by atoms with Crippen LogP contribution >= 0.6 is 11.6 Å². The maximum Gasteiger partial charge on any atom is 0.341 e. The van der Waals surface area contributed by atoms with Crippen LogP contribution in [0.1, 0.15) is 16.7 Å². The minimum absolute atomic E-state index is 0.124. The van der Waals surface area contributed by atoms with Gasteiger partial charge in [-0.05, 0) is 60.5 Å². The number of ether oxygens (including phenoxy) is 2. The summed E-state index contributed by atoms with van der Waals surface area (Å²) in [5, 5.41) is 11.2. The van der Waals surface area contributed by atoms with E-state index < -0.39 is 0 Å². The summed E-state index contributed by atoms with van der Waals surface area (Å²) in [7, 11) is 1.59. The van der Waals surface area contributed by atoms with Gasteiger partial charge in [-0.15, -0.1) is 0 Å². The molecule has 0 aliphatic carbocycles. The van der Waals surface area contributed by atoms with Crippen LogP contribution in [0.2, 0.25) is 5.02 Å². The lowest BCUT2D eigenvalue weighted by molar-refractivity contribution is -0.504. The Bertz CT molecular complexity index is 1660. The molecule has 3 aromatic carbocycles. The molecule has 6 nitrogen and oxygen atoms in total. The molecule has 2 heterocycles. The third kappa shape index (κ3) is 4.88. The van der Waals surface area contributed by atoms with Gasteiger partial charge in [-0.3, -0.25) is 0 Å². The highest BCUT2D eigenvalue weighted by Gasteiger charge is 2.24. The molecule has 0 atom stereocenters. The largest absolute Gasteiger partial charge is 0.507 e. The van der Waals surface area contributed by atoms with Crippen molar-refractivity contribution in [2.24, 2.45) is 0 Å². The SMILES string of the molecule is COc1cc(Cn2c(=O)c(C)c(-c3ccccc3O)[n+]3ccccc23)ccc1OCc1cccc(Cl)c1. The molecule has 0 amide bonds. The Hall–Kier alpha value is -4.29. The van der Waals surface area contributed by atoms with Crippen LogP contribution in [0.5, 0.6) is 17.2 Å². The minimum atomic E-state index is -0.135. The van der Waals surface area contributed by atoms with Gasteiger partial charge in [0.05, 0.1) is 24.4 Å². The molecular weight excluding hydrogens is 488 g/mol. The van der Waals surface area contributed by atoms with E-state index in [1.807, 2.05) is 83.4 Å². The molecule has 7 heteroatoms. The van der Waals surface area contributed by atoms with E-state index >= 15 is 0 Å². The zero-order valence-corrected chi connectivity index (χ0v) is 21.3. The van der Waals surface area contributed by atoms with Crippen LogP contribution in [0, 0.1) is 6.92 Å². The molecule has 186 valence electrons. The van der Waals surface area contributed by atoms with E-state index in [4.69, 9.17) is 21.1 Å². The van der Waals surface area contributed by atoms with E-state index in [0.717, 1.165) is 11.1 Å². The van der Waals surface area contributed by atoms with Crippen LogP contribution in [0.3, 0.4) is 0 Å². The van der Waals surface area contributed by atoms with Crippen molar-refractivity contribution < 1.29 is 19.0 Å². The first-order valence-corrected chi connectivity index (χ1v) is 12.2. The lowest BCUT2D eigenvalue weighted by Gasteiger charge is -2.14. The Kier molecular flexibility index (Phi) is 6.84. The van der Waals surface area contributed by atoms with E-state index in [-0.39, 0.29) is 11.3 Å². The van der Waals surface area contributed by atoms with Gasteiger partial charge >= 0.3 is 5.56 Å².